The Morgan fingerprint density at radius 1 is 1.17 bits per heavy atom. The van der Waals surface area contributed by atoms with E-state index in [1.54, 1.807) is 0 Å². The van der Waals surface area contributed by atoms with Gasteiger partial charge in [0.1, 0.15) is 5.15 Å². The van der Waals surface area contributed by atoms with Gasteiger partial charge in [0.15, 0.2) is 17.4 Å². The fourth-order valence-corrected chi connectivity index (χ4v) is 1.69. The van der Waals surface area contributed by atoms with E-state index in [1.165, 1.54) is 24.4 Å². The molecule has 2 aromatic rings. The van der Waals surface area contributed by atoms with Gasteiger partial charge in [-0.15, -0.1) is 0 Å². The van der Waals surface area contributed by atoms with Crippen molar-refractivity contribution in [1.29, 1.82) is 0 Å². The maximum atomic E-state index is 13.0. The van der Waals surface area contributed by atoms with Crippen LogP contribution in [0.3, 0.4) is 0 Å². The van der Waals surface area contributed by atoms with E-state index in [0.29, 0.717) is 11.1 Å². The van der Waals surface area contributed by atoms with Crippen LogP contribution in [0.2, 0.25) is 5.15 Å². The van der Waals surface area contributed by atoms with E-state index in [0.717, 1.165) is 12.1 Å². The van der Waals surface area contributed by atoms with Crippen molar-refractivity contribution in [2.24, 2.45) is 0 Å². The molecule has 18 heavy (non-hydrogen) atoms. The summed E-state index contributed by atoms with van der Waals surface area (Å²) in [4.78, 5) is 15.6. The molecule has 2 rings (SSSR count). The minimum absolute atomic E-state index is 0.0163. The quantitative estimate of drug-likeness (QED) is 0.630. The number of pyridine rings is 1. The number of aromatic nitrogens is 1. The van der Waals surface area contributed by atoms with Gasteiger partial charge in [0, 0.05) is 18.2 Å². The molecule has 2 nitrogen and oxygen atoms in total. The van der Waals surface area contributed by atoms with Gasteiger partial charge in [0.25, 0.3) is 0 Å². The smallest absolute Gasteiger partial charge is 0.167 e. The number of halogens is 3. The van der Waals surface area contributed by atoms with Crippen LogP contribution in [0.4, 0.5) is 8.78 Å². The third kappa shape index (κ3) is 2.90. The summed E-state index contributed by atoms with van der Waals surface area (Å²) in [6.07, 6.45) is 1.40. The Morgan fingerprint density at radius 3 is 2.61 bits per heavy atom. The van der Waals surface area contributed by atoms with Crippen molar-refractivity contribution in [2.45, 2.75) is 6.42 Å². The summed E-state index contributed by atoms with van der Waals surface area (Å²) < 4.78 is 25.7. The second kappa shape index (κ2) is 5.23. The first-order valence-corrected chi connectivity index (χ1v) is 5.53. The van der Waals surface area contributed by atoms with E-state index in [-0.39, 0.29) is 17.4 Å². The van der Waals surface area contributed by atoms with Crippen LogP contribution < -0.4 is 0 Å². The van der Waals surface area contributed by atoms with Crippen molar-refractivity contribution in [3.63, 3.8) is 0 Å². The Morgan fingerprint density at radius 2 is 1.94 bits per heavy atom. The van der Waals surface area contributed by atoms with Crippen LogP contribution >= 0.6 is 11.6 Å². The lowest BCUT2D eigenvalue weighted by Gasteiger charge is -2.02. The highest BCUT2D eigenvalue weighted by molar-refractivity contribution is 6.29. The van der Waals surface area contributed by atoms with Crippen molar-refractivity contribution in [1.82, 2.24) is 4.98 Å². The Hall–Kier alpha value is -1.81. The van der Waals surface area contributed by atoms with Crippen LogP contribution in [0.1, 0.15) is 15.9 Å². The van der Waals surface area contributed by atoms with Gasteiger partial charge in [-0.3, -0.25) is 4.79 Å². The van der Waals surface area contributed by atoms with E-state index < -0.39 is 11.6 Å². The van der Waals surface area contributed by atoms with Gasteiger partial charge in [0.05, 0.1) is 0 Å². The van der Waals surface area contributed by atoms with Crippen LogP contribution in [0, 0.1) is 11.6 Å². The summed E-state index contributed by atoms with van der Waals surface area (Å²) in [5.41, 5.74) is 0.798. The van der Waals surface area contributed by atoms with Crippen molar-refractivity contribution in [3.8, 4) is 0 Å². The maximum Gasteiger partial charge on any atom is 0.167 e. The molecule has 92 valence electrons. The first kappa shape index (κ1) is 12.6. The lowest BCUT2D eigenvalue weighted by molar-refractivity contribution is 0.0993. The zero-order valence-electron chi connectivity index (χ0n) is 9.16. The summed E-state index contributed by atoms with van der Waals surface area (Å²) in [6.45, 7) is 0. The topological polar surface area (TPSA) is 30.0 Å². The zero-order chi connectivity index (χ0) is 13.1. The second-order valence-corrected chi connectivity index (χ2v) is 4.10. The fourth-order valence-electron chi connectivity index (χ4n) is 1.51. The number of rotatable bonds is 3. The number of benzene rings is 1. The van der Waals surface area contributed by atoms with Gasteiger partial charge in [-0.2, -0.15) is 0 Å². The SMILES string of the molecule is O=C(Cc1ccc(F)c(F)c1)c1ccnc(Cl)c1. The summed E-state index contributed by atoms with van der Waals surface area (Å²) in [7, 11) is 0. The molecule has 0 saturated carbocycles. The van der Waals surface area contributed by atoms with Crippen LogP contribution in [-0.4, -0.2) is 10.8 Å². The minimum Gasteiger partial charge on any atom is -0.294 e. The molecule has 0 amide bonds. The Bertz CT molecular complexity index is 601. The van der Waals surface area contributed by atoms with Crippen molar-refractivity contribution in [3.05, 3.63) is 64.4 Å². The molecule has 0 radical (unpaired) electrons. The predicted molar refractivity (Wildman–Crippen MR) is 63.6 cm³/mol. The van der Waals surface area contributed by atoms with Crippen molar-refractivity contribution >= 4 is 17.4 Å². The number of hydrogen-bond acceptors (Lipinski definition) is 2. The highest BCUT2D eigenvalue weighted by Crippen LogP contribution is 2.13. The molecule has 1 aromatic heterocycles. The van der Waals surface area contributed by atoms with Gasteiger partial charge < -0.3 is 0 Å². The molecule has 0 aliphatic heterocycles. The molecule has 0 atom stereocenters. The van der Waals surface area contributed by atoms with E-state index in [4.69, 9.17) is 11.6 Å². The van der Waals surface area contributed by atoms with Crippen LogP contribution in [0.25, 0.3) is 0 Å². The number of ketones is 1. The van der Waals surface area contributed by atoms with Gasteiger partial charge in [-0.05, 0) is 29.8 Å². The summed E-state index contributed by atoms with van der Waals surface area (Å²) in [5.74, 6) is -2.13. The molecule has 0 N–H and O–H groups in total. The lowest BCUT2D eigenvalue weighted by Crippen LogP contribution is -2.04. The first-order chi connectivity index (χ1) is 8.56. The molecular formula is C13H8ClF2NO. The van der Waals surface area contributed by atoms with Crippen molar-refractivity contribution < 1.29 is 13.6 Å². The van der Waals surface area contributed by atoms with E-state index in [1.807, 2.05) is 0 Å². The molecule has 1 aromatic carbocycles. The lowest BCUT2D eigenvalue weighted by atomic mass is 10.0. The first-order valence-electron chi connectivity index (χ1n) is 5.15. The Labute approximate surface area is 107 Å². The van der Waals surface area contributed by atoms with E-state index in [9.17, 15) is 13.6 Å². The van der Waals surface area contributed by atoms with Gasteiger partial charge in [-0.25, -0.2) is 13.8 Å². The largest absolute Gasteiger partial charge is 0.294 e. The number of hydrogen-bond donors (Lipinski definition) is 0. The van der Waals surface area contributed by atoms with Gasteiger partial charge in [0.2, 0.25) is 0 Å². The molecule has 5 heteroatoms. The summed E-state index contributed by atoms with van der Waals surface area (Å²) >= 11 is 5.66. The molecule has 1 heterocycles. The number of carbonyl (C=O) groups excluding carboxylic acids is 1. The number of nitrogens with zero attached hydrogens (tertiary/aromatic N) is 1. The monoisotopic (exact) mass is 267 g/mol. The Balaban J connectivity index is 2.18. The van der Waals surface area contributed by atoms with Crippen LogP contribution in [0.15, 0.2) is 36.5 Å². The third-order valence-corrected chi connectivity index (χ3v) is 2.60. The molecular weight excluding hydrogens is 260 g/mol. The highest BCUT2D eigenvalue weighted by Gasteiger charge is 2.10. The predicted octanol–water partition coefficient (Wildman–Crippen LogP) is 3.44. The van der Waals surface area contributed by atoms with Crippen LogP contribution in [0.5, 0.6) is 0 Å². The molecule has 0 fully saturated rings. The number of Topliss-reactive ketones (excluding diaryl/α,β-unsaturated/α-hetero) is 1. The molecule has 0 bridgehead atoms. The Kier molecular flexibility index (Phi) is 3.67. The maximum absolute atomic E-state index is 13.0. The van der Waals surface area contributed by atoms with Crippen LogP contribution in [-0.2, 0) is 6.42 Å². The third-order valence-electron chi connectivity index (χ3n) is 2.40. The van der Waals surface area contributed by atoms with E-state index >= 15 is 0 Å². The molecule has 0 unspecified atom stereocenters. The average molecular weight is 268 g/mol. The second-order valence-electron chi connectivity index (χ2n) is 3.72. The normalized spacial score (nSPS) is 10.4. The molecule has 0 spiro atoms. The molecule has 0 saturated heterocycles. The number of carbonyl (C=O) groups is 1. The van der Waals surface area contributed by atoms with E-state index in [2.05, 4.69) is 4.98 Å². The summed E-state index contributed by atoms with van der Waals surface area (Å²) in [5, 5.41) is 0.214. The molecule has 0 aliphatic rings. The van der Waals surface area contributed by atoms with Gasteiger partial charge in [-0.1, -0.05) is 17.7 Å². The standard InChI is InChI=1S/C13H8ClF2NO/c14-13-7-9(3-4-17-13)12(18)6-8-1-2-10(15)11(16)5-8/h1-5,7H,6H2. The summed E-state index contributed by atoms with van der Waals surface area (Å²) in [6, 6.07) is 6.34. The zero-order valence-corrected chi connectivity index (χ0v) is 9.92. The van der Waals surface area contributed by atoms with Gasteiger partial charge >= 0.3 is 0 Å². The van der Waals surface area contributed by atoms with Crippen molar-refractivity contribution in [2.75, 3.05) is 0 Å². The minimum atomic E-state index is -0.965. The highest BCUT2D eigenvalue weighted by atomic mass is 35.5. The average Bonchev–Trinajstić information content (AvgIpc) is 2.34. The molecule has 0 aliphatic carbocycles. The fraction of sp³-hybridized carbons (Fsp3) is 0.0769.